The van der Waals surface area contributed by atoms with Gasteiger partial charge in [-0.1, -0.05) is 55.0 Å². The molecule has 2 aliphatic rings. The molecule has 7 nitrogen and oxygen atoms in total. The normalized spacial score (nSPS) is 20.4. The average molecular weight is 422 g/mol. The van der Waals surface area contributed by atoms with E-state index in [4.69, 9.17) is 4.74 Å². The van der Waals surface area contributed by atoms with E-state index in [0.29, 0.717) is 12.8 Å². The van der Waals surface area contributed by atoms with Crippen LogP contribution in [0.25, 0.3) is 11.1 Å². The number of benzene rings is 2. The molecule has 0 bridgehead atoms. The molecule has 162 valence electrons. The summed E-state index contributed by atoms with van der Waals surface area (Å²) in [7, 11) is 0. The molecule has 0 unspecified atom stereocenters. The van der Waals surface area contributed by atoms with E-state index < -0.39 is 36.0 Å². The molecule has 3 N–H and O–H groups in total. The number of hydrogen-bond acceptors (Lipinski definition) is 4. The van der Waals surface area contributed by atoms with Crippen molar-refractivity contribution in [3.8, 4) is 11.1 Å². The van der Waals surface area contributed by atoms with Crippen molar-refractivity contribution in [1.29, 1.82) is 0 Å². The van der Waals surface area contributed by atoms with Crippen LogP contribution < -0.4 is 10.6 Å². The van der Waals surface area contributed by atoms with Crippen molar-refractivity contribution in [3.63, 3.8) is 0 Å². The first kappa shape index (κ1) is 20.9. The molecule has 0 radical (unpaired) electrons. The largest absolute Gasteiger partial charge is 0.481 e. The number of hydrogen-bond donors (Lipinski definition) is 3. The highest BCUT2D eigenvalue weighted by molar-refractivity contribution is 5.86. The lowest BCUT2D eigenvalue weighted by Gasteiger charge is -2.21. The molecule has 3 atom stereocenters. The average Bonchev–Trinajstić information content (AvgIpc) is 3.35. The molecule has 0 heterocycles. The van der Waals surface area contributed by atoms with E-state index in [1.165, 1.54) is 0 Å². The molecule has 0 aliphatic heterocycles. The lowest BCUT2D eigenvalue weighted by molar-refractivity contribution is -0.142. The van der Waals surface area contributed by atoms with Crippen LogP contribution in [0.15, 0.2) is 48.5 Å². The van der Waals surface area contributed by atoms with Gasteiger partial charge in [0.2, 0.25) is 5.91 Å². The van der Waals surface area contributed by atoms with Crippen LogP contribution in [0, 0.1) is 5.92 Å². The molecular formula is C24H26N2O5. The van der Waals surface area contributed by atoms with Crippen molar-refractivity contribution in [2.24, 2.45) is 5.92 Å². The van der Waals surface area contributed by atoms with E-state index in [0.717, 1.165) is 28.7 Å². The molecule has 1 fully saturated rings. The van der Waals surface area contributed by atoms with Crippen LogP contribution >= 0.6 is 0 Å². The number of carbonyl (C=O) groups is 3. The van der Waals surface area contributed by atoms with Crippen molar-refractivity contribution in [1.82, 2.24) is 10.6 Å². The molecule has 2 amide bonds. The quantitative estimate of drug-likeness (QED) is 0.663. The number of amides is 2. The van der Waals surface area contributed by atoms with Gasteiger partial charge in [0, 0.05) is 12.0 Å². The minimum atomic E-state index is -0.903. The Labute approximate surface area is 180 Å². The fourth-order valence-electron chi connectivity index (χ4n) is 4.62. The van der Waals surface area contributed by atoms with Crippen LogP contribution in [0.4, 0.5) is 4.79 Å². The Kier molecular flexibility index (Phi) is 5.93. The smallest absolute Gasteiger partial charge is 0.407 e. The first-order chi connectivity index (χ1) is 15.0. The molecule has 0 saturated heterocycles. The highest BCUT2D eigenvalue weighted by atomic mass is 16.5. The van der Waals surface area contributed by atoms with Crippen molar-refractivity contribution in [2.45, 2.75) is 44.2 Å². The standard InChI is InChI=1S/C24H26N2O5/c1-14(22(27)26-21-12-6-11-19(21)23(28)29)25-24(30)31-13-20-17-9-4-2-7-15(17)16-8-3-5-10-18(16)20/h2-5,7-10,14,19-21H,6,11-13H2,1H3,(H,25,30)(H,26,27)(H,28,29)/t14-,19-,21+/m0/s1. The van der Waals surface area contributed by atoms with Crippen molar-refractivity contribution in [3.05, 3.63) is 59.7 Å². The first-order valence-corrected chi connectivity index (χ1v) is 10.6. The van der Waals surface area contributed by atoms with Crippen LogP contribution in [0.3, 0.4) is 0 Å². The highest BCUT2D eigenvalue weighted by Gasteiger charge is 2.35. The molecule has 0 spiro atoms. The predicted octanol–water partition coefficient (Wildman–Crippen LogP) is 3.28. The monoisotopic (exact) mass is 422 g/mol. The number of aliphatic carboxylic acids is 1. The Bertz CT molecular complexity index is 959. The van der Waals surface area contributed by atoms with Gasteiger partial charge in [-0.05, 0) is 42.0 Å². The topological polar surface area (TPSA) is 105 Å². The summed E-state index contributed by atoms with van der Waals surface area (Å²) < 4.78 is 5.47. The number of carbonyl (C=O) groups excluding carboxylic acids is 2. The second-order valence-electron chi connectivity index (χ2n) is 8.18. The van der Waals surface area contributed by atoms with Gasteiger partial charge in [-0.3, -0.25) is 9.59 Å². The summed E-state index contributed by atoms with van der Waals surface area (Å²) >= 11 is 0. The number of nitrogens with one attached hydrogen (secondary N) is 2. The predicted molar refractivity (Wildman–Crippen MR) is 115 cm³/mol. The van der Waals surface area contributed by atoms with Crippen LogP contribution in [-0.2, 0) is 14.3 Å². The van der Waals surface area contributed by atoms with Gasteiger partial charge in [0.15, 0.2) is 0 Å². The number of alkyl carbamates (subject to hydrolysis) is 1. The molecule has 2 aromatic carbocycles. The van der Waals surface area contributed by atoms with Gasteiger partial charge in [-0.15, -0.1) is 0 Å². The van der Waals surface area contributed by atoms with E-state index in [1.807, 2.05) is 36.4 Å². The van der Waals surface area contributed by atoms with E-state index in [2.05, 4.69) is 22.8 Å². The summed E-state index contributed by atoms with van der Waals surface area (Å²) in [6, 6.07) is 14.9. The second-order valence-corrected chi connectivity index (χ2v) is 8.18. The summed E-state index contributed by atoms with van der Waals surface area (Å²) in [6.45, 7) is 1.72. The van der Waals surface area contributed by atoms with Crippen molar-refractivity contribution < 1.29 is 24.2 Å². The van der Waals surface area contributed by atoms with Gasteiger partial charge in [0.05, 0.1) is 5.92 Å². The minimum Gasteiger partial charge on any atom is -0.481 e. The Balaban J connectivity index is 1.33. The van der Waals surface area contributed by atoms with Gasteiger partial charge in [-0.2, -0.15) is 0 Å². The molecule has 2 aliphatic carbocycles. The van der Waals surface area contributed by atoms with Gasteiger partial charge in [-0.25, -0.2) is 4.79 Å². The van der Waals surface area contributed by atoms with E-state index in [1.54, 1.807) is 6.92 Å². The van der Waals surface area contributed by atoms with Gasteiger partial charge < -0.3 is 20.5 Å². The van der Waals surface area contributed by atoms with Crippen LogP contribution in [0.2, 0.25) is 0 Å². The summed E-state index contributed by atoms with van der Waals surface area (Å²) in [5.74, 6) is -1.95. The van der Waals surface area contributed by atoms with Gasteiger partial charge in [0.25, 0.3) is 0 Å². The maximum absolute atomic E-state index is 12.4. The fourth-order valence-corrected chi connectivity index (χ4v) is 4.62. The molecule has 0 aromatic heterocycles. The third-order valence-corrected chi connectivity index (χ3v) is 6.23. The molecule has 31 heavy (non-hydrogen) atoms. The number of carboxylic acids is 1. The SMILES string of the molecule is C[C@H](NC(=O)OCC1c2ccccc2-c2ccccc21)C(=O)N[C@@H]1CCC[C@@H]1C(=O)O. The molecule has 1 saturated carbocycles. The summed E-state index contributed by atoms with van der Waals surface area (Å²) in [6.07, 6.45) is 1.26. The molecular weight excluding hydrogens is 396 g/mol. The zero-order valence-corrected chi connectivity index (χ0v) is 17.3. The fraction of sp³-hybridized carbons (Fsp3) is 0.375. The van der Waals surface area contributed by atoms with Gasteiger partial charge >= 0.3 is 12.1 Å². The minimum absolute atomic E-state index is 0.0582. The van der Waals surface area contributed by atoms with Crippen LogP contribution in [-0.4, -0.2) is 41.8 Å². The first-order valence-electron chi connectivity index (χ1n) is 10.6. The Hall–Kier alpha value is -3.35. The van der Waals surface area contributed by atoms with Gasteiger partial charge in [0.1, 0.15) is 12.6 Å². The highest BCUT2D eigenvalue weighted by Crippen LogP contribution is 2.44. The molecule has 4 rings (SSSR count). The third kappa shape index (κ3) is 4.26. The number of carboxylic acid groups (broad SMARTS) is 1. The van der Waals surface area contributed by atoms with E-state index in [-0.39, 0.29) is 12.5 Å². The second kappa shape index (κ2) is 8.79. The zero-order chi connectivity index (χ0) is 22.0. The lowest BCUT2D eigenvalue weighted by atomic mass is 9.98. The number of ether oxygens (including phenoxy) is 1. The maximum Gasteiger partial charge on any atom is 0.407 e. The Morgan fingerprint density at radius 1 is 1.03 bits per heavy atom. The Morgan fingerprint density at radius 3 is 2.26 bits per heavy atom. The van der Waals surface area contributed by atoms with Crippen LogP contribution in [0.5, 0.6) is 0 Å². The van der Waals surface area contributed by atoms with E-state index in [9.17, 15) is 19.5 Å². The van der Waals surface area contributed by atoms with Crippen molar-refractivity contribution in [2.75, 3.05) is 6.61 Å². The molecule has 7 heteroatoms. The zero-order valence-electron chi connectivity index (χ0n) is 17.3. The number of fused-ring (bicyclic) bond motifs is 3. The summed E-state index contributed by atoms with van der Waals surface area (Å²) in [5.41, 5.74) is 4.51. The maximum atomic E-state index is 12.4. The lowest BCUT2D eigenvalue weighted by Crippen LogP contribution is -2.50. The summed E-state index contributed by atoms with van der Waals surface area (Å²) in [5, 5.41) is 14.6. The van der Waals surface area contributed by atoms with E-state index >= 15 is 0 Å². The Morgan fingerprint density at radius 2 is 1.65 bits per heavy atom. The molecule has 2 aromatic rings. The number of rotatable bonds is 6. The summed E-state index contributed by atoms with van der Waals surface area (Å²) in [4.78, 5) is 36.0. The van der Waals surface area contributed by atoms with Crippen LogP contribution in [0.1, 0.15) is 43.2 Å². The van der Waals surface area contributed by atoms with Crippen molar-refractivity contribution >= 4 is 18.0 Å². The third-order valence-electron chi connectivity index (χ3n) is 6.23.